The van der Waals surface area contributed by atoms with Crippen LogP contribution in [0.2, 0.25) is 17.1 Å². The van der Waals surface area contributed by atoms with E-state index < -0.39 is 8.32 Å². The molecule has 0 radical (unpaired) electrons. The molecule has 22 heavy (non-hydrogen) atoms. The van der Waals surface area contributed by atoms with Gasteiger partial charge in [0, 0.05) is 39.3 Å². The quantitative estimate of drug-likeness (QED) is 0.741. The highest BCUT2D eigenvalue weighted by molar-refractivity contribution is 6.76. The molecule has 2 rings (SSSR count). The van der Waals surface area contributed by atoms with Crippen molar-refractivity contribution in [1.82, 2.24) is 9.80 Å². The van der Waals surface area contributed by atoms with Crippen LogP contribution in [0.15, 0.2) is 0 Å². The van der Waals surface area contributed by atoms with Gasteiger partial charge in [0.25, 0.3) is 0 Å². The van der Waals surface area contributed by atoms with Crippen LogP contribution < -0.4 is 0 Å². The highest BCUT2D eigenvalue weighted by Crippen LogP contribution is 2.39. The fraction of sp³-hybridized carbons (Fsp3) is 1.00. The van der Waals surface area contributed by atoms with Gasteiger partial charge in [-0.3, -0.25) is 4.90 Å². The molecule has 0 bridgehead atoms. The topological polar surface area (TPSA) is 24.9 Å². The van der Waals surface area contributed by atoms with E-state index in [0.29, 0.717) is 11.1 Å². The van der Waals surface area contributed by atoms with Gasteiger partial charge in [0.1, 0.15) is 0 Å². The molecule has 0 aromatic rings. The van der Waals surface area contributed by atoms with E-state index in [0.717, 1.165) is 32.8 Å². The first-order valence-electron chi connectivity index (χ1n) is 9.10. The molecule has 0 aromatic carbocycles. The van der Waals surface area contributed by atoms with E-state index in [1.165, 1.54) is 25.6 Å². The summed E-state index contributed by atoms with van der Waals surface area (Å²) in [7, 11) is 0.512. The summed E-state index contributed by atoms with van der Waals surface area (Å²) in [6.07, 6.45) is 1.43. The van der Waals surface area contributed by atoms with E-state index in [9.17, 15) is 0 Å². The van der Waals surface area contributed by atoms with Crippen molar-refractivity contribution in [1.29, 1.82) is 0 Å². The number of hydrogen-bond donors (Lipinski definition) is 0. The van der Waals surface area contributed by atoms with Crippen LogP contribution in [0, 0.1) is 0 Å². The molecule has 0 N–H and O–H groups in total. The van der Waals surface area contributed by atoms with Crippen LogP contribution in [0.5, 0.6) is 0 Å². The van der Waals surface area contributed by atoms with E-state index in [4.69, 9.17) is 9.16 Å². The average Bonchev–Trinajstić information content (AvgIpc) is 2.43. The maximum atomic E-state index is 6.89. The second kappa shape index (κ2) is 8.24. The summed E-state index contributed by atoms with van der Waals surface area (Å²) >= 11 is 0. The normalized spacial score (nSPS) is 28.8. The maximum absolute atomic E-state index is 6.89. The number of hydrogen-bond acceptors (Lipinski definition) is 4. The molecule has 1 atom stereocenters. The predicted octanol–water partition coefficient (Wildman–Crippen LogP) is 2.80. The smallest absolute Gasteiger partial charge is 0.198 e. The van der Waals surface area contributed by atoms with Crippen molar-refractivity contribution in [2.75, 3.05) is 53.0 Å². The molecule has 0 spiro atoms. The third-order valence-electron chi connectivity index (χ3n) is 5.56. The third-order valence-corrected chi connectivity index (χ3v) is 11.4. The summed E-state index contributed by atoms with van der Waals surface area (Å²) in [5.74, 6) is 0. The summed E-state index contributed by atoms with van der Waals surface area (Å²) in [4.78, 5) is 4.97. The number of rotatable bonds is 4. The summed E-state index contributed by atoms with van der Waals surface area (Å²) in [6.45, 7) is 16.9. The lowest BCUT2D eigenvalue weighted by Crippen LogP contribution is -2.54. The first-order valence-corrected chi connectivity index (χ1v) is 11.4. The molecule has 130 valence electrons. The SMILES string of the molecule is CC(C)[Si]1(C(C)C)CCCOCC(CN2CCN(C)CC2)O1. The Kier molecular flexibility index (Phi) is 6.89. The summed E-state index contributed by atoms with van der Waals surface area (Å²) in [5.41, 5.74) is 1.36. The first kappa shape index (κ1) is 18.4. The molecular formula is C17H36N2O2Si. The second-order valence-electron chi connectivity index (χ2n) is 7.79. The van der Waals surface area contributed by atoms with Gasteiger partial charge in [0.2, 0.25) is 0 Å². The minimum absolute atomic E-state index is 0.264. The number of ether oxygens (including phenoxy) is 1. The third kappa shape index (κ3) is 4.54. The van der Waals surface area contributed by atoms with Crippen molar-refractivity contribution in [3.8, 4) is 0 Å². The zero-order chi connectivity index (χ0) is 16.2. The fourth-order valence-corrected chi connectivity index (χ4v) is 8.60. The van der Waals surface area contributed by atoms with Crippen molar-refractivity contribution in [3.63, 3.8) is 0 Å². The van der Waals surface area contributed by atoms with Crippen LogP contribution in [0.1, 0.15) is 34.1 Å². The molecule has 1 unspecified atom stereocenters. The minimum Gasteiger partial charge on any atom is -0.410 e. The fourth-order valence-electron chi connectivity index (χ4n) is 3.99. The number of nitrogens with zero attached hydrogens (tertiary/aromatic N) is 2. The molecule has 2 saturated heterocycles. The predicted molar refractivity (Wildman–Crippen MR) is 95.0 cm³/mol. The monoisotopic (exact) mass is 328 g/mol. The lowest BCUT2D eigenvalue weighted by Gasteiger charge is -2.44. The number of likely N-dealkylation sites (N-methyl/N-ethyl adjacent to an activating group) is 1. The Morgan fingerprint density at radius 3 is 2.27 bits per heavy atom. The highest BCUT2D eigenvalue weighted by atomic mass is 28.4. The van der Waals surface area contributed by atoms with Gasteiger partial charge in [-0.2, -0.15) is 0 Å². The van der Waals surface area contributed by atoms with E-state index in [2.05, 4.69) is 44.5 Å². The highest BCUT2D eigenvalue weighted by Gasteiger charge is 2.44. The second-order valence-corrected chi connectivity index (χ2v) is 12.7. The molecule has 2 fully saturated rings. The Morgan fingerprint density at radius 2 is 1.68 bits per heavy atom. The molecule has 2 aliphatic heterocycles. The maximum Gasteiger partial charge on any atom is 0.198 e. The van der Waals surface area contributed by atoms with Crippen LogP contribution >= 0.6 is 0 Å². The van der Waals surface area contributed by atoms with E-state index in [-0.39, 0.29) is 6.10 Å². The van der Waals surface area contributed by atoms with E-state index in [1.54, 1.807) is 0 Å². The Balaban J connectivity index is 2.02. The Hall–Kier alpha value is 0.0569. The van der Waals surface area contributed by atoms with Gasteiger partial charge < -0.3 is 14.1 Å². The minimum atomic E-state index is -1.70. The lowest BCUT2D eigenvalue weighted by molar-refractivity contribution is 0.00595. The standard InChI is InChI=1S/C17H36N2O2Si/c1-15(2)22(16(3)4)12-6-11-20-14-17(21-22)13-19-9-7-18(5)8-10-19/h15-17H,6-14H2,1-5H3. The molecule has 2 aliphatic rings. The largest absolute Gasteiger partial charge is 0.410 e. The van der Waals surface area contributed by atoms with Crippen molar-refractivity contribution in [2.24, 2.45) is 0 Å². The van der Waals surface area contributed by atoms with Gasteiger partial charge in [0.05, 0.1) is 12.7 Å². The van der Waals surface area contributed by atoms with Crippen molar-refractivity contribution in [2.45, 2.75) is 57.3 Å². The Bertz CT molecular complexity index is 323. The molecule has 0 amide bonds. The van der Waals surface area contributed by atoms with Crippen LogP contribution in [0.3, 0.4) is 0 Å². The van der Waals surface area contributed by atoms with Crippen LogP contribution in [-0.4, -0.2) is 77.2 Å². The van der Waals surface area contributed by atoms with Crippen LogP contribution in [0.25, 0.3) is 0 Å². The molecular weight excluding hydrogens is 292 g/mol. The van der Waals surface area contributed by atoms with Gasteiger partial charge in [-0.1, -0.05) is 27.7 Å². The van der Waals surface area contributed by atoms with Crippen LogP contribution in [-0.2, 0) is 9.16 Å². The van der Waals surface area contributed by atoms with Crippen molar-refractivity contribution < 1.29 is 9.16 Å². The van der Waals surface area contributed by atoms with Crippen molar-refractivity contribution in [3.05, 3.63) is 0 Å². The zero-order valence-corrected chi connectivity index (χ0v) is 16.3. The Labute approximate surface area is 138 Å². The summed E-state index contributed by atoms with van der Waals surface area (Å²) in [5, 5.41) is 0. The summed E-state index contributed by atoms with van der Waals surface area (Å²) in [6, 6.07) is 1.25. The first-order chi connectivity index (χ1) is 10.4. The molecule has 0 aliphatic carbocycles. The van der Waals surface area contributed by atoms with Crippen LogP contribution in [0.4, 0.5) is 0 Å². The summed E-state index contributed by atoms with van der Waals surface area (Å²) < 4.78 is 12.8. The number of piperazine rings is 1. The van der Waals surface area contributed by atoms with Crippen molar-refractivity contribution >= 4 is 8.32 Å². The van der Waals surface area contributed by atoms with Gasteiger partial charge >= 0.3 is 0 Å². The van der Waals surface area contributed by atoms with Gasteiger partial charge in [0.15, 0.2) is 8.32 Å². The molecule has 0 aromatic heterocycles. The van der Waals surface area contributed by atoms with E-state index in [1.807, 2.05) is 0 Å². The lowest BCUT2D eigenvalue weighted by atomic mass is 10.3. The van der Waals surface area contributed by atoms with Gasteiger partial charge in [-0.25, -0.2) is 0 Å². The molecule has 4 nitrogen and oxygen atoms in total. The van der Waals surface area contributed by atoms with Gasteiger partial charge in [-0.15, -0.1) is 0 Å². The average molecular weight is 329 g/mol. The van der Waals surface area contributed by atoms with Gasteiger partial charge in [-0.05, 0) is 30.6 Å². The molecule has 5 heteroatoms. The molecule has 2 heterocycles. The zero-order valence-electron chi connectivity index (χ0n) is 15.3. The molecule has 0 saturated carbocycles. The van der Waals surface area contributed by atoms with E-state index >= 15 is 0 Å². The Morgan fingerprint density at radius 1 is 1.05 bits per heavy atom.